The van der Waals surface area contributed by atoms with Gasteiger partial charge in [0.1, 0.15) is 0 Å². The molecule has 0 aromatic heterocycles. The Bertz CT molecular complexity index is 510. The van der Waals surface area contributed by atoms with E-state index >= 15 is 0 Å². The van der Waals surface area contributed by atoms with E-state index in [0.29, 0.717) is 5.92 Å². The lowest BCUT2D eigenvalue weighted by molar-refractivity contribution is -0.423. The van der Waals surface area contributed by atoms with Crippen molar-refractivity contribution in [2.45, 2.75) is 52.2 Å². The molecule has 1 rings (SSSR count). The molecule has 0 saturated heterocycles. The van der Waals surface area contributed by atoms with Gasteiger partial charge in [-0.3, -0.25) is 4.79 Å². The fourth-order valence-corrected chi connectivity index (χ4v) is 2.12. The molecule has 0 aliphatic rings. The number of hydrogen-bond acceptors (Lipinski definition) is 3. The second-order valence-electron chi connectivity index (χ2n) is 6.15. The molecule has 0 amide bonds. The van der Waals surface area contributed by atoms with E-state index in [9.17, 15) is 9.59 Å². The van der Waals surface area contributed by atoms with Crippen LogP contribution in [-0.4, -0.2) is 29.2 Å². The summed E-state index contributed by atoms with van der Waals surface area (Å²) in [4.78, 5) is 22.9. The van der Waals surface area contributed by atoms with E-state index in [1.807, 2.05) is 24.3 Å². The van der Waals surface area contributed by atoms with Crippen LogP contribution in [0.4, 0.5) is 0 Å². The lowest BCUT2D eigenvalue weighted by atomic mass is 9.97. The maximum absolute atomic E-state index is 12.1. The quantitative estimate of drug-likeness (QED) is 0.749. The average molecular weight is 308 g/mol. The second kappa shape index (κ2) is 7.94. The fraction of sp³-hybridized carbons (Fsp3) is 0.529. The monoisotopic (exact) mass is 308 g/mol. The zero-order chi connectivity index (χ0) is 16.9. The lowest BCUT2D eigenvalue weighted by Crippen LogP contribution is -2.70. The van der Waals surface area contributed by atoms with Crippen molar-refractivity contribution in [3.05, 3.63) is 35.4 Å². The molecule has 0 aliphatic heterocycles. The van der Waals surface area contributed by atoms with Crippen molar-refractivity contribution in [3.8, 4) is 0 Å². The molecule has 22 heavy (non-hydrogen) atoms. The van der Waals surface area contributed by atoms with Crippen LogP contribution in [0.5, 0.6) is 0 Å². The predicted molar refractivity (Wildman–Crippen MR) is 83.3 cm³/mol. The fourth-order valence-electron chi connectivity index (χ4n) is 2.12. The van der Waals surface area contributed by atoms with Gasteiger partial charge in [0.2, 0.25) is 6.04 Å². The minimum Gasteiger partial charge on any atom is -0.477 e. The van der Waals surface area contributed by atoms with Gasteiger partial charge in [-0.1, -0.05) is 38.1 Å². The van der Waals surface area contributed by atoms with E-state index in [2.05, 4.69) is 19.6 Å². The minimum absolute atomic E-state index is 0.431. The number of ether oxygens (including phenoxy) is 1. The van der Waals surface area contributed by atoms with E-state index < -0.39 is 30.0 Å². The molecule has 0 aliphatic carbocycles. The zero-order valence-electron chi connectivity index (χ0n) is 13.7. The van der Waals surface area contributed by atoms with Gasteiger partial charge >= 0.3 is 11.9 Å². The standard InChI is InChI=1S/C17H25NO4/c1-10(2)9-13-5-7-14(8-6-13)11(3)17(21)22-12(4)15(18)16(19)20/h5-8,10-12,15H,9,18H2,1-4H3,(H,19,20)/p+1/t11-,12+,15-/m0/s1. The summed E-state index contributed by atoms with van der Waals surface area (Å²) in [5.74, 6) is -1.36. The summed E-state index contributed by atoms with van der Waals surface area (Å²) < 4.78 is 5.20. The summed E-state index contributed by atoms with van der Waals surface area (Å²) in [6.07, 6.45) is 0.241. The molecule has 5 heteroatoms. The van der Waals surface area contributed by atoms with Gasteiger partial charge < -0.3 is 15.6 Å². The number of carbonyl (C=O) groups excluding carboxylic acids is 1. The first-order valence-corrected chi connectivity index (χ1v) is 7.57. The topological polar surface area (TPSA) is 91.2 Å². The van der Waals surface area contributed by atoms with Gasteiger partial charge in [-0.2, -0.15) is 0 Å². The molecular weight excluding hydrogens is 282 g/mol. The summed E-state index contributed by atoms with van der Waals surface area (Å²) in [5.41, 5.74) is 5.58. The average Bonchev–Trinajstić information content (AvgIpc) is 2.45. The van der Waals surface area contributed by atoms with Crippen LogP contribution in [0.15, 0.2) is 24.3 Å². The summed E-state index contributed by atoms with van der Waals surface area (Å²) in [6, 6.07) is 6.92. The molecule has 1 aromatic rings. The first-order valence-electron chi connectivity index (χ1n) is 7.57. The molecule has 3 atom stereocenters. The number of quaternary nitrogens is 1. The SMILES string of the molecule is CC(C)Cc1ccc([C@H](C)C(=O)O[C@H](C)[C@H]([NH3+])C(=O)O)cc1. The Hall–Kier alpha value is -1.88. The largest absolute Gasteiger partial charge is 0.477 e. The number of carbonyl (C=O) groups is 2. The van der Waals surface area contributed by atoms with E-state index in [1.54, 1.807) is 13.8 Å². The van der Waals surface area contributed by atoms with E-state index in [1.165, 1.54) is 5.56 Å². The molecule has 0 radical (unpaired) electrons. The number of rotatable bonds is 7. The molecule has 1 aromatic carbocycles. The van der Waals surface area contributed by atoms with Crippen molar-refractivity contribution >= 4 is 11.9 Å². The third kappa shape index (κ3) is 5.15. The molecule has 122 valence electrons. The van der Waals surface area contributed by atoms with E-state index in [4.69, 9.17) is 9.84 Å². The van der Waals surface area contributed by atoms with Crippen LogP contribution in [0.1, 0.15) is 44.7 Å². The lowest BCUT2D eigenvalue weighted by Gasteiger charge is -2.18. The highest BCUT2D eigenvalue weighted by molar-refractivity contribution is 5.79. The Kier molecular flexibility index (Phi) is 6.56. The summed E-state index contributed by atoms with van der Waals surface area (Å²) in [7, 11) is 0. The highest BCUT2D eigenvalue weighted by Gasteiger charge is 2.29. The molecule has 0 heterocycles. The van der Waals surface area contributed by atoms with Crippen LogP contribution in [-0.2, 0) is 20.7 Å². The van der Waals surface area contributed by atoms with Crippen LogP contribution in [0, 0.1) is 5.92 Å². The van der Waals surface area contributed by atoms with Gasteiger partial charge in [0.05, 0.1) is 5.92 Å². The first kappa shape index (κ1) is 18.2. The highest BCUT2D eigenvalue weighted by Crippen LogP contribution is 2.19. The van der Waals surface area contributed by atoms with Crippen molar-refractivity contribution < 1.29 is 25.2 Å². The number of esters is 1. The normalized spacial score (nSPS) is 15.2. The summed E-state index contributed by atoms with van der Waals surface area (Å²) >= 11 is 0. The van der Waals surface area contributed by atoms with Crippen molar-refractivity contribution in [1.29, 1.82) is 0 Å². The van der Waals surface area contributed by atoms with Crippen molar-refractivity contribution in [2.75, 3.05) is 0 Å². The Morgan fingerprint density at radius 3 is 2.14 bits per heavy atom. The Morgan fingerprint density at radius 2 is 1.68 bits per heavy atom. The number of carboxylic acids is 1. The Labute approximate surface area is 131 Å². The van der Waals surface area contributed by atoms with Gasteiger partial charge in [0.25, 0.3) is 0 Å². The Morgan fingerprint density at radius 1 is 1.14 bits per heavy atom. The number of hydrogen-bond donors (Lipinski definition) is 2. The molecule has 0 unspecified atom stereocenters. The molecule has 4 N–H and O–H groups in total. The molecule has 0 spiro atoms. The van der Waals surface area contributed by atoms with E-state index in [0.717, 1.165) is 12.0 Å². The predicted octanol–water partition coefficient (Wildman–Crippen LogP) is 1.62. The number of aliphatic carboxylic acids is 1. The van der Waals surface area contributed by atoms with Gasteiger partial charge in [-0.25, -0.2) is 4.79 Å². The van der Waals surface area contributed by atoms with Crippen LogP contribution in [0.2, 0.25) is 0 Å². The molecule has 0 fully saturated rings. The molecule has 0 bridgehead atoms. The third-order valence-corrected chi connectivity index (χ3v) is 3.66. The molecule has 5 nitrogen and oxygen atoms in total. The maximum atomic E-state index is 12.1. The molecule has 0 saturated carbocycles. The van der Waals surface area contributed by atoms with Gasteiger partial charge in [-0.15, -0.1) is 0 Å². The van der Waals surface area contributed by atoms with Crippen molar-refractivity contribution in [2.24, 2.45) is 5.92 Å². The molecular formula is C17H26NO4+. The second-order valence-corrected chi connectivity index (χ2v) is 6.15. The first-order chi connectivity index (χ1) is 10.2. The van der Waals surface area contributed by atoms with Crippen LogP contribution in [0.3, 0.4) is 0 Å². The van der Waals surface area contributed by atoms with Crippen LogP contribution in [0.25, 0.3) is 0 Å². The minimum atomic E-state index is -1.08. The van der Waals surface area contributed by atoms with Gasteiger partial charge in [-0.05, 0) is 37.3 Å². The van der Waals surface area contributed by atoms with Gasteiger partial charge in [0.15, 0.2) is 6.10 Å². The van der Waals surface area contributed by atoms with Crippen LogP contribution >= 0.6 is 0 Å². The van der Waals surface area contributed by atoms with Crippen molar-refractivity contribution in [1.82, 2.24) is 0 Å². The van der Waals surface area contributed by atoms with Crippen LogP contribution < -0.4 is 5.73 Å². The third-order valence-electron chi connectivity index (χ3n) is 3.66. The smallest absolute Gasteiger partial charge is 0.366 e. The summed E-state index contributed by atoms with van der Waals surface area (Å²) in [6.45, 7) is 7.62. The number of benzene rings is 1. The maximum Gasteiger partial charge on any atom is 0.366 e. The summed E-state index contributed by atoms with van der Waals surface area (Å²) in [5, 5.41) is 8.87. The number of carboxylic acid groups (broad SMARTS) is 1. The Balaban J connectivity index is 2.68. The van der Waals surface area contributed by atoms with Gasteiger partial charge in [0, 0.05) is 0 Å². The van der Waals surface area contributed by atoms with Crippen molar-refractivity contribution in [3.63, 3.8) is 0 Å². The zero-order valence-corrected chi connectivity index (χ0v) is 13.7. The highest BCUT2D eigenvalue weighted by atomic mass is 16.5. The van der Waals surface area contributed by atoms with E-state index in [-0.39, 0.29) is 0 Å².